The van der Waals surface area contributed by atoms with Gasteiger partial charge in [0.25, 0.3) is 0 Å². The molecule has 2 atom stereocenters. The van der Waals surface area contributed by atoms with Crippen molar-refractivity contribution in [1.29, 1.82) is 5.26 Å². The summed E-state index contributed by atoms with van der Waals surface area (Å²) >= 11 is 0. The lowest BCUT2D eigenvalue weighted by Gasteiger charge is -2.23. The van der Waals surface area contributed by atoms with Crippen molar-refractivity contribution in [2.75, 3.05) is 18.0 Å². The molecule has 2 unspecified atom stereocenters. The first-order chi connectivity index (χ1) is 17.7. The second-order valence-corrected chi connectivity index (χ2v) is 10.8. The smallest absolute Gasteiger partial charge is 0.407 e. The zero-order valence-corrected chi connectivity index (χ0v) is 21.2. The number of amides is 1. The maximum Gasteiger partial charge on any atom is 0.407 e. The van der Waals surface area contributed by atoms with E-state index in [9.17, 15) is 10.1 Å². The lowest BCUT2D eigenvalue weighted by Crippen LogP contribution is -2.38. The van der Waals surface area contributed by atoms with Gasteiger partial charge in [-0.15, -0.1) is 0 Å². The largest absolute Gasteiger partial charge is 0.444 e. The summed E-state index contributed by atoms with van der Waals surface area (Å²) < 4.78 is 8.90. The molecule has 5 heterocycles. The van der Waals surface area contributed by atoms with Crippen LogP contribution in [0.1, 0.15) is 26.3 Å². The predicted molar refractivity (Wildman–Crippen MR) is 138 cm³/mol. The first-order valence-electron chi connectivity index (χ1n) is 12.3. The Hall–Kier alpha value is -4.39. The van der Waals surface area contributed by atoms with E-state index >= 15 is 0 Å². The van der Waals surface area contributed by atoms with E-state index in [4.69, 9.17) is 9.72 Å². The van der Waals surface area contributed by atoms with E-state index in [0.717, 1.165) is 46.7 Å². The van der Waals surface area contributed by atoms with Gasteiger partial charge in [0, 0.05) is 78.9 Å². The molecule has 1 N–H and O–H groups in total. The molecule has 2 aliphatic rings. The van der Waals surface area contributed by atoms with Crippen molar-refractivity contribution in [3.8, 4) is 28.3 Å². The van der Waals surface area contributed by atoms with Crippen LogP contribution < -0.4 is 10.2 Å². The average Bonchev–Trinajstić information content (AvgIpc) is 3.31. The van der Waals surface area contributed by atoms with Crippen molar-refractivity contribution in [2.24, 2.45) is 18.9 Å². The fourth-order valence-electron chi connectivity index (χ4n) is 5.26. The van der Waals surface area contributed by atoms with E-state index in [0.29, 0.717) is 17.4 Å². The molecule has 10 nitrogen and oxygen atoms in total. The molecule has 4 aromatic rings. The van der Waals surface area contributed by atoms with Crippen LogP contribution in [0.2, 0.25) is 0 Å². The minimum absolute atomic E-state index is 0.167. The minimum Gasteiger partial charge on any atom is -0.444 e. The van der Waals surface area contributed by atoms with Crippen LogP contribution in [0, 0.1) is 23.2 Å². The number of piperidine rings is 1. The number of ether oxygens (including phenoxy) is 1. The monoisotopic (exact) mass is 496 g/mol. The third kappa shape index (κ3) is 4.27. The molecule has 6 rings (SSSR count). The van der Waals surface area contributed by atoms with E-state index in [1.165, 1.54) is 0 Å². The van der Waals surface area contributed by atoms with Crippen LogP contribution in [-0.4, -0.2) is 55.2 Å². The van der Waals surface area contributed by atoms with Gasteiger partial charge in [-0.25, -0.2) is 14.3 Å². The predicted octanol–water partition coefficient (Wildman–Crippen LogP) is 3.63. The summed E-state index contributed by atoms with van der Waals surface area (Å²) in [4.78, 5) is 19.1. The third-order valence-corrected chi connectivity index (χ3v) is 7.03. The molecule has 1 aliphatic carbocycles. The normalized spacial score (nSPS) is 20.5. The van der Waals surface area contributed by atoms with Crippen molar-refractivity contribution in [1.82, 2.24) is 29.7 Å². The van der Waals surface area contributed by atoms with Crippen molar-refractivity contribution in [3.05, 3.63) is 54.7 Å². The number of rotatable bonds is 4. The topological polar surface area (TPSA) is 113 Å². The van der Waals surface area contributed by atoms with E-state index < -0.39 is 5.60 Å². The lowest BCUT2D eigenvalue weighted by molar-refractivity contribution is 0.0518. The first-order valence-corrected chi connectivity index (χ1v) is 12.3. The highest BCUT2D eigenvalue weighted by Crippen LogP contribution is 2.46. The van der Waals surface area contributed by atoms with Gasteiger partial charge in [-0.2, -0.15) is 15.5 Å². The number of nitriles is 1. The number of carbonyl (C=O) groups excluding carboxylic acids is 1. The van der Waals surface area contributed by atoms with Crippen LogP contribution in [0.3, 0.4) is 0 Å². The number of aromatic nitrogens is 5. The van der Waals surface area contributed by atoms with Gasteiger partial charge in [-0.05, 0) is 39.0 Å². The van der Waals surface area contributed by atoms with Crippen LogP contribution in [0.25, 0.3) is 27.8 Å². The van der Waals surface area contributed by atoms with Crippen LogP contribution in [0.5, 0.6) is 0 Å². The summed E-state index contributed by atoms with van der Waals surface area (Å²) in [6, 6.07) is 8.54. The molecule has 1 saturated carbocycles. The molecule has 10 heteroatoms. The summed E-state index contributed by atoms with van der Waals surface area (Å²) in [6.07, 6.45) is 8.77. The Morgan fingerprint density at radius 3 is 2.49 bits per heavy atom. The maximum atomic E-state index is 12.1. The Balaban J connectivity index is 1.21. The fourth-order valence-corrected chi connectivity index (χ4v) is 5.26. The fraction of sp³-hybridized carbons (Fsp3) is 0.370. The van der Waals surface area contributed by atoms with Gasteiger partial charge in [0.05, 0.1) is 23.5 Å². The third-order valence-electron chi connectivity index (χ3n) is 7.03. The number of hydrogen-bond acceptors (Lipinski definition) is 7. The van der Waals surface area contributed by atoms with E-state index in [1.807, 2.05) is 64.7 Å². The molecule has 0 bridgehead atoms. The molecule has 1 amide bonds. The van der Waals surface area contributed by atoms with Gasteiger partial charge in [0.15, 0.2) is 0 Å². The lowest BCUT2D eigenvalue weighted by atomic mass is 10.0. The number of fused-ring (bicyclic) bond motifs is 2. The van der Waals surface area contributed by atoms with E-state index in [-0.39, 0.29) is 12.1 Å². The Bertz CT molecular complexity index is 1530. The summed E-state index contributed by atoms with van der Waals surface area (Å²) in [5, 5.41) is 21.4. The van der Waals surface area contributed by atoms with Gasteiger partial charge in [0.1, 0.15) is 17.5 Å². The average molecular weight is 497 g/mol. The molecular formula is C27H28N8O2. The maximum absolute atomic E-state index is 12.1. The molecule has 1 saturated heterocycles. The van der Waals surface area contributed by atoms with Crippen LogP contribution in [0.15, 0.2) is 49.2 Å². The van der Waals surface area contributed by atoms with Gasteiger partial charge < -0.3 is 15.0 Å². The molecule has 0 aromatic carbocycles. The molecule has 0 spiro atoms. The number of pyridine rings is 2. The second kappa shape index (κ2) is 8.34. The highest BCUT2D eigenvalue weighted by molar-refractivity contribution is 5.87. The molecular weight excluding hydrogens is 468 g/mol. The van der Waals surface area contributed by atoms with Gasteiger partial charge >= 0.3 is 6.09 Å². The Morgan fingerprint density at radius 2 is 1.86 bits per heavy atom. The molecule has 1 aliphatic heterocycles. The summed E-state index contributed by atoms with van der Waals surface area (Å²) in [5.41, 5.74) is 4.49. The van der Waals surface area contributed by atoms with Crippen molar-refractivity contribution < 1.29 is 9.53 Å². The second-order valence-electron chi connectivity index (χ2n) is 10.8. The molecule has 188 valence electrons. The van der Waals surface area contributed by atoms with E-state index in [2.05, 4.69) is 32.5 Å². The number of nitrogens with one attached hydrogen (secondary N) is 1. The quantitative estimate of drug-likeness (QED) is 0.459. The summed E-state index contributed by atoms with van der Waals surface area (Å²) in [6.45, 7) is 7.29. The summed E-state index contributed by atoms with van der Waals surface area (Å²) in [7, 11) is 1.88. The number of carbonyl (C=O) groups is 1. The molecule has 37 heavy (non-hydrogen) atoms. The number of aryl methyl sites for hydroxylation is 1. The number of anilines is 1. The Kier molecular flexibility index (Phi) is 5.19. The van der Waals surface area contributed by atoms with Gasteiger partial charge in [-0.3, -0.25) is 4.68 Å². The van der Waals surface area contributed by atoms with E-state index in [1.54, 1.807) is 15.4 Å². The number of hydrogen-bond donors (Lipinski definition) is 1. The van der Waals surface area contributed by atoms with Crippen molar-refractivity contribution in [3.63, 3.8) is 0 Å². The van der Waals surface area contributed by atoms with Crippen LogP contribution >= 0.6 is 0 Å². The highest BCUT2D eigenvalue weighted by Gasteiger charge is 2.57. The highest BCUT2D eigenvalue weighted by atomic mass is 16.6. The van der Waals surface area contributed by atoms with Crippen LogP contribution in [-0.2, 0) is 11.8 Å². The zero-order valence-electron chi connectivity index (χ0n) is 21.2. The molecule has 0 radical (unpaired) electrons. The summed E-state index contributed by atoms with van der Waals surface area (Å²) in [5.74, 6) is 1.73. The number of nitrogens with zero attached hydrogens (tertiary/aromatic N) is 7. The standard InChI is InChI=1S/C27H28N8O2/c1-27(2,3)37-26(36)32-24-21-14-34(15-22(21)24)23-6-5-16(9-29-23)20-7-17(19-11-30-33(4)12-19)13-35-25(20)18(8-28)10-31-35/h5-7,9-13,21-22,24H,14-15H2,1-4H3,(H,32,36). The van der Waals surface area contributed by atoms with Gasteiger partial charge in [-0.1, -0.05) is 0 Å². The minimum atomic E-state index is -0.500. The Morgan fingerprint density at radius 1 is 1.08 bits per heavy atom. The number of alkyl carbamates (subject to hydrolysis) is 1. The van der Waals surface area contributed by atoms with Crippen molar-refractivity contribution in [2.45, 2.75) is 32.4 Å². The van der Waals surface area contributed by atoms with Crippen LogP contribution in [0.4, 0.5) is 10.6 Å². The SMILES string of the molecule is Cn1cc(-c2cc(-c3ccc(N4CC5C(C4)C5NC(=O)OC(C)(C)C)nc3)c3c(C#N)cnn3c2)cn1. The van der Waals surface area contributed by atoms with Gasteiger partial charge in [0.2, 0.25) is 0 Å². The van der Waals surface area contributed by atoms with Crippen molar-refractivity contribution >= 4 is 17.4 Å². The zero-order chi connectivity index (χ0) is 25.9. The molecule has 4 aromatic heterocycles. The first kappa shape index (κ1) is 23.0. The Labute approximate surface area is 214 Å². The molecule has 2 fully saturated rings.